The second-order valence-corrected chi connectivity index (χ2v) is 4.41. The van der Waals surface area contributed by atoms with Crippen molar-refractivity contribution in [3.8, 4) is 5.75 Å². The minimum absolute atomic E-state index is 0.357. The number of hydrogen-bond acceptors (Lipinski definition) is 4. The number of halogens is 3. The molecule has 1 amide bonds. The Bertz CT molecular complexity index is 553. The zero-order valence-electron chi connectivity index (χ0n) is 12.4. The van der Waals surface area contributed by atoms with E-state index in [1.807, 2.05) is 6.92 Å². The summed E-state index contributed by atoms with van der Waals surface area (Å²) in [4.78, 5) is 22.6. The lowest BCUT2D eigenvalue weighted by atomic mass is 10.2. The highest BCUT2D eigenvalue weighted by Gasteiger charge is 2.30. The summed E-state index contributed by atoms with van der Waals surface area (Å²) in [6, 6.07) is 4.94. The van der Waals surface area contributed by atoms with Gasteiger partial charge >= 0.3 is 12.3 Å². The smallest absolute Gasteiger partial charge is 0.452 e. The Morgan fingerprint density at radius 3 is 2.43 bits per heavy atom. The van der Waals surface area contributed by atoms with E-state index in [1.54, 1.807) is 0 Å². The van der Waals surface area contributed by atoms with Gasteiger partial charge in [0, 0.05) is 12.6 Å². The minimum atomic E-state index is -4.75. The van der Waals surface area contributed by atoms with E-state index in [0.717, 1.165) is 24.6 Å². The van der Waals surface area contributed by atoms with E-state index < -0.39 is 18.2 Å². The fourth-order valence-electron chi connectivity index (χ4n) is 1.45. The molecule has 0 saturated heterocycles. The summed E-state index contributed by atoms with van der Waals surface area (Å²) < 4.78 is 44.4. The van der Waals surface area contributed by atoms with Crippen LogP contribution in [0.5, 0.6) is 5.75 Å². The molecule has 0 saturated carbocycles. The molecule has 1 rings (SSSR count). The van der Waals surface area contributed by atoms with Crippen LogP contribution in [0.3, 0.4) is 0 Å². The molecular formula is C15H16F3NO4. The van der Waals surface area contributed by atoms with Crippen LogP contribution in [0.25, 0.3) is 6.08 Å². The average molecular weight is 331 g/mol. The Morgan fingerprint density at radius 2 is 1.87 bits per heavy atom. The van der Waals surface area contributed by atoms with Gasteiger partial charge in [-0.25, -0.2) is 4.79 Å². The molecule has 1 aromatic carbocycles. The Hall–Kier alpha value is -2.51. The first-order valence-corrected chi connectivity index (χ1v) is 6.77. The van der Waals surface area contributed by atoms with Crippen LogP contribution in [0, 0.1) is 0 Å². The van der Waals surface area contributed by atoms with Gasteiger partial charge in [-0.15, -0.1) is 13.2 Å². The number of carbonyl (C=O) groups is 2. The van der Waals surface area contributed by atoms with Gasteiger partial charge in [-0.3, -0.25) is 4.79 Å². The van der Waals surface area contributed by atoms with E-state index in [9.17, 15) is 22.8 Å². The maximum absolute atomic E-state index is 12.0. The van der Waals surface area contributed by atoms with Gasteiger partial charge in [0.05, 0.1) is 0 Å². The summed E-state index contributed by atoms with van der Waals surface area (Å²) in [7, 11) is 0. The third kappa shape index (κ3) is 8.50. The number of nitrogens with one attached hydrogen (secondary N) is 1. The second kappa shape index (κ2) is 8.82. The van der Waals surface area contributed by atoms with E-state index in [2.05, 4.69) is 10.1 Å². The number of carbonyl (C=O) groups excluding carboxylic acids is 2. The molecule has 0 aliphatic carbocycles. The SMILES string of the molecule is CCCNC(=O)COC(=O)/C=C/c1ccc(OC(F)(F)F)cc1. The van der Waals surface area contributed by atoms with Crippen molar-refractivity contribution < 1.29 is 32.2 Å². The maximum atomic E-state index is 12.0. The van der Waals surface area contributed by atoms with Crippen molar-refractivity contribution >= 4 is 18.0 Å². The number of ether oxygens (including phenoxy) is 2. The Kier molecular flexibility index (Phi) is 7.11. The number of alkyl halides is 3. The third-order valence-corrected chi connectivity index (χ3v) is 2.44. The van der Waals surface area contributed by atoms with Gasteiger partial charge in [0.2, 0.25) is 0 Å². The highest BCUT2D eigenvalue weighted by atomic mass is 19.4. The van der Waals surface area contributed by atoms with Crippen LogP contribution in [0.4, 0.5) is 13.2 Å². The number of rotatable bonds is 7. The van der Waals surface area contributed by atoms with Gasteiger partial charge in [0.1, 0.15) is 5.75 Å². The number of amides is 1. The standard InChI is InChI=1S/C15H16F3NO4/c1-2-9-19-13(20)10-22-14(21)8-5-11-3-6-12(7-4-11)23-15(16,17)18/h3-8H,2,9-10H2,1H3,(H,19,20)/b8-5+. The van der Waals surface area contributed by atoms with Gasteiger partial charge in [0.25, 0.3) is 5.91 Å². The molecule has 0 atom stereocenters. The molecule has 0 aromatic heterocycles. The lowest BCUT2D eigenvalue weighted by Crippen LogP contribution is -2.28. The maximum Gasteiger partial charge on any atom is 0.573 e. The zero-order valence-corrected chi connectivity index (χ0v) is 12.4. The molecule has 0 aliphatic rings. The summed E-state index contributed by atoms with van der Waals surface area (Å²) in [6.45, 7) is 2.00. The van der Waals surface area contributed by atoms with Crippen LogP contribution in [0.1, 0.15) is 18.9 Å². The summed E-state index contributed by atoms with van der Waals surface area (Å²) in [5.41, 5.74) is 0.479. The van der Waals surface area contributed by atoms with E-state index >= 15 is 0 Å². The van der Waals surface area contributed by atoms with E-state index in [-0.39, 0.29) is 12.4 Å². The molecule has 1 N–H and O–H groups in total. The predicted octanol–water partition coefficient (Wildman–Crippen LogP) is 2.67. The minimum Gasteiger partial charge on any atom is -0.452 e. The summed E-state index contributed by atoms with van der Waals surface area (Å²) in [6.07, 6.45) is -1.55. The Morgan fingerprint density at radius 1 is 1.22 bits per heavy atom. The molecule has 0 aliphatic heterocycles. The van der Waals surface area contributed by atoms with Gasteiger partial charge < -0.3 is 14.8 Å². The van der Waals surface area contributed by atoms with Crippen molar-refractivity contribution in [2.45, 2.75) is 19.7 Å². The lowest BCUT2D eigenvalue weighted by Gasteiger charge is -2.08. The van der Waals surface area contributed by atoms with Crippen LogP contribution in [-0.4, -0.2) is 31.4 Å². The van der Waals surface area contributed by atoms with Crippen molar-refractivity contribution in [1.82, 2.24) is 5.32 Å². The Labute approximate surface area is 131 Å². The lowest BCUT2D eigenvalue weighted by molar-refractivity contribution is -0.274. The van der Waals surface area contributed by atoms with Crippen molar-refractivity contribution in [2.24, 2.45) is 0 Å². The van der Waals surface area contributed by atoms with Crippen molar-refractivity contribution in [1.29, 1.82) is 0 Å². The molecule has 23 heavy (non-hydrogen) atoms. The highest BCUT2D eigenvalue weighted by molar-refractivity contribution is 5.89. The fourth-order valence-corrected chi connectivity index (χ4v) is 1.45. The summed E-state index contributed by atoms with van der Waals surface area (Å²) in [5.74, 6) is -1.49. The Balaban J connectivity index is 2.44. The van der Waals surface area contributed by atoms with Crippen LogP contribution in [0.2, 0.25) is 0 Å². The van der Waals surface area contributed by atoms with Crippen molar-refractivity contribution in [3.05, 3.63) is 35.9 Å². The molecule has 8 heteroatoms. The quantitative estimate of drug-likeness (QED) is 0.616. The monoisotopic (exact) mass is 331 g/mol. The summed E-state index contributed by atoms with van der Waals surface area (Å²) in [5, 5.41) is 2.54. The van der Waals surface area contributed by atoms with Gasteiger partial charge in [-0.1, -0.05) is 19.1 Å². The molecule has 0 fully saturated rings. The van der Waals surface area contributed by atoms with Gasteiger partial charge in [-0.2, -0.15) is 0 Å². The largest absolute Gasteiger partial charge is 0.573 e. The first-order valence-electron chi connectivity index (χ1n) is 6.77. The fraction of sp³-hybridized carbons (Fsp3) is 0.333. The highest BCUT2D eigenvalue weighted by Crippen LogP contribution is 2.22. The summed E-state index contributed by atoms with van der Waals surface area (Å²) >= 11 is 0. The predicted molar refractivity (Wildman–Crippen MR) is 76.4 cm³/mol. The van der Waals surface area contributed by atoms with Crippen molar-refractivity contribution in [3.63, 3.8) is 0 Å². The average Bonchev–Trinajstić information content (AvgIpc) is 2.48. The van der Waals surface area contributed by atoms with Gasteiger partial charge in [-0.05, 0) is 30.2 Å². The van der Waals surface area contributed by atoms with E-state index in [1.165, 1.54) is 18.2 Å². The van der Waals surface area contributed by atoms with Crippen LogP contribution >= 0.6 is 0 Å². The first kappa shape index (κ1) is 18.5. The zero-order chi connectivity index (χ0) is 17.3. The number of esters is 1. The van der Waals surface area contributed by atoms with E-state index in [4.69, 9.17) is 4.74 Å². The molecule has 1 aromatic rings. The molecule has 0 heterocycles. The van der Waals surface area contributed by atoms with Gasteiger partial charge in [0.15, 0.2) is 6.61 Å². The topological polar surface area (TPSA) is 64.6 Å². The first-order chi connectivity index (χ1) is 10.8. The third-order valence-electron chi connectivity index (χ3n) is 2.44. The molecule has 5 nitrogen and oxygen atoms in total. The van der Waals surface area contributed by atoms with Crippen LogP contribution in [0.15, 0.2) is 30.3 Å². The molecule has 0 radical (unpaired) electrons. The molecule has 126 valence electrons. The molecule has 0 unspecified atom stereocenters. The molecule has 0 spiro atoms. The normalized spacial score (nSPS) is 11.3. The number of hydrogen-bond donors (Lipinski definition) is 1. The van der Waals surface area contributed by atoms with Crippen LogP contribution in [-0.2, 0) is 14.3 Å². The second-order valence-electron chi connectivity index (χ2n) is 4.41. The number of benzene rings is 1. The molecule has 0 bridgehead atoms. The van der Waals surface area contributed by atoms with Crippen LogP contribution < -0.4 is 10.1 Å². The van der Waals surface area contributed by atoms with Crippen molar-refractivity contribution in [2.75, 3.05) is 13.2 Å². The van der Waals surface area contributed by atoms with E-state index in [0.29, 0.717) is 12.1 Å². The molecular weight excluding hydrogens is 315 g/mol.